The van der Waals surface area contributed by atoms with Crippen molar-refractivity contribution in [1.82, 2.24) is 0 Å². The Morgan fingerprint density at radius 2 is 2.04 bits per heavy atom. The summed E-state index contributed by atoms with van der Waals surface area (Å²) >= 11 is 0. The fourth-order valence-electron chi connectivity index (χ4n) is 3.11. The van der Waals surface area contributed by atoms with E-state index in [1.807, 2.05) is 0 Å². The summed E-state index contributed by atoms with van der Waals surface area (Å²) in [5, 5.41) is -0.987. The number of hydrogen-bond donors (Lipinski definition) is 1. The van der Waals surface area contributed by atoms with E-state index in [1.165, 1.54) is 6.92 Å². The number of ether oxygens (including phenoxy) is 3. The average Bonchev–Trinajstić information content (AvgIpc) is 2.93. The molecule has 0 radical (unpaired) electrons. The summed E-state index contributed by atoms with van der Waals surface area (Å²) in [5.41, 5.74) is 5.25. The Bertz CT molecular complexity index is 746. The quantitative estimate of drug-likeness (QED) is 0.781. The second-order valence-corrected chi connectivity index (χ2v) is 8.03. The van der Waals surface area contributed by atoms with E-state index in [0.29, 0.717) is 17.1 Å². The Balaban J connectivity index is 2.00. The summed E-state index contributed by atoms with van der Waals surface area (Å²) in [6, 6.07) is 5.08. The fraction of sp³-hybridized carbons (Fsp3) is 0.533. The molecule has 1 aliphatic heterocycles. The molecule has 2 N–H and O–H groups in total. The number of carbonyl (C=O) groups excluding carboxylic acids is 1. The highest BCUT2D eigenvalue weighted by atomic mass is 32.2. The van der Waals surface area contributed by atoms with Gasteiger partial charge in [0.05, 0.1) is 11.9 Å². The van der Waals surface area contributed by atoms with Crippen molar-refractivity contribution in [2.24, 2.45) is 5.73 Å². The van der Waals surface area contributed by atoms with Crippen LogP contribution in [-0.4, -0.2) is 44.3 Å². The summed E-state index contributed by atoms with van der Waals surface area (Å²) in [6.07, 6.45) is 0. The number of hydrogen-bond acceptors (Lipinski definition) is 7. The summed E-state index contributed by atoms with van der Waals surface area (Å²) in [7, 11) is -3.51. The zero-order valence-electron chi connectivity index (χ0n) is 12.9. The molecule has 0 unspecified atom stereocenters. The van der Waals surface area contributed by atoms with Crippen LogP contribution in [-0.2, 0) is 19.4 Å². The molecule has 1 heterocycles. The maximum atomic E-state index is 12.4. The SMILES string of the molecule is CCOC(=O)[C@]1(N)[C@H](c2ccc3c(c2)OCO3)[C@H]1S(=O)(=O)CC. The number of sulfone groups is 1. The number of fused-ring (bicyclic) bond motifs is 1. The van der Waals surface area contributed by atoms with Gasteiger partial charge in [-0.05, 0) is 24.6 Å². The Hall–Kier alpha value is -1.80. The van der Waals surface area contributed by atoms with Crippen LogP contribution >= 0.6 is 0 Å². The van der Waals surface area contributed by atoms with Gasteiger partial charge in [-0.15, -0.1) is 0 Å². The van der Waals surface area contributed by atoms with Crippen LogP contribution < -0.4 is 15.2 Å². The lowest BCUT2D eigenvalue weighted by atomic mass is 10.1. The van der Waals surface area contributed by atoms with Crippen molar-refractivity contribution in [3.63, 3.8) is 0 Å². The van der Waals surface area contributed by atoms with E-state index in [9.17, 15) is 13.2 Å². The molecule has 7 nitrogen and oxygen atoms in total. The predicted molar refractivity (Wildman–Crippen MR) is 82.1 cm³/mol. The second kappa shape index (κ2) is 5.38. The first-order valence-corrected chi connectivity index (χ1v) is 9.15. The summed E-state index contributed by atoms with van der Waals surface area (Å²) in [5.74, 6) is -0.320. The van der Waals surface area contributed by atoms with Crippen LogP contribution in [0.4, 0.5) is 0 Å². The average molecular weight is 341 g/mol. The van der Waals surface area contributed by atoms with Crippen molar-refractivity contribution in [2.45, 2.75) is 30.6 Å². The molecular weight excluding hydrogens is 322 g/mol. The van der Waals surface area contributed by atoms with Crippen molar-refractivity contribution < 1.29 is 27.4 Å². The molecule has 0 saturated heterocycles. The highest BCUT2D eigenvalue weighted by molar-refractivity contribution is 7.92. The molecule has 126 valence electrons. The van der Waals surface area contributed by atoms with Crippen molar-refractivity contribution >= 4 is 15.8 Å². The maximum Gasteiger partial charge on any atom is 0.328 e. The highest BCUT2D eigenvalue weighted by Gasteiger charge is 2.74. The molecule has 1 aromatic rings. The predicted octanol–water partition coefficient (Wildman–Crippen LogP) is 0.576. The van der Waals surface area contributed by atoms with Crippen molar-refractivity contribution in [3.8, 4) is 11.5 Å². The van der Waals surface area contributed by atoms with Gasteiger partial charge in [0, 0.05) is 11.7 Å². The van der Waals surface area contributed by atoms with Crippen LogP contribution in [0.25, 0.3) is 0 Å². The zero-order chi connectivity index (χ0) is 16.8. The van der Waals surface area contributed by atoms with Gasteiger partial charge >= 0.3 is 5.97 Å². The van der Waals surface area contributed by atoms with Gasteiger partial charge in [-0.3, -0.25) is 0 Å². The van der Waals surface area contributed by atoms with E-state index in [4.69, 9.17) is 19.9 Å². The molecular formula is C15H19NO6S. The van der Waals surface area contributed by atoms with E-state index in [1.54, 1.807) is 25.1 Å². The topological polar surface area (TPSA) is 105 Å². The van der Waals surface area contributed by atoms with E-state index in [0.717, 1.165) is 0 Å². The smallest absolute Gasteiger partial charge is 0.328 e. The van der Waals surface area contributed by atoms with Crippen LogP contribution in [0, 0.1) is 0 Å². The largest absolute Gasteiger partial charge is 0.465 e. The summed E-state index contributed by atoms with van der Waals surface area (Å²) in [6.45, 7) is 3.45. The van der Waals surface area contributed by atoms with Gasteiger partial charge in [-0.2, -0.15) is 0 Å². The number of nitrogens with two attached hydrogens (primary N) is 1. The maximum absolute atomic E-state index is 12.4. The third-order valence-corrected chi connectivity index (χ3v) is 6.59. The van der Waals surface area contributed by atoms with Crippen LogP contribution in [0.1, 0.15) is 25.3 Å². The molecule has 0 aromatic heterocycles. The van der Waals surface area contributed by atoms with Gasteiger partial charge in [0.2, 0.25) is 6.79 Å². The molecule has 0 bridgehead atoms. The molecule has 0 spiro atoms. The Morgan fingerprint density at radius 3 is 2.70 bits per heavy atom. The molecule has 1 saturated carbocycles. The van der Waals surface area contributed by atoms with E-state index < -0.39 is 32.5 Å². The standard InChI is InChI=1S/C15H19NO6S/c1-3-20-14(17)15(16)12(13(15)23(18,19)4-2)9-5-6-10-11(7-9)22-8-21-10/h5-7,12-13H,3-4,8,16H2,1-2H3/t12-,13-,15+/m1/s1. The van der Waals surface area contributed by atoms with E-state index in [2.05, 4.69) is 0 Å². The molecule has 0 amide bonds. The first-order chi connectivity index (χ1) is 10.9. The van der Waals surface area contributed by atoms with Crippen LogP contribution in [0.2, 0.25) is 0 Å². The lowest BCUT2D eigenvalue weighted by Gasteiger charge is -2.11. The Kier molecular flexibility index (Phi) is 3.76. The van der Waals surface area contributed by atoms with Crippen LogP contribution in [0.3, 0.4) is 0 Å². The van der Waals surface area contributed by atoms with Gasteiger partial charge in [0.15, 0.2) is 21.3 Å². The zero-order valence-corrected chi connectivity index (χ0v) is 13.8. The Morgan fingerprint density at radius 1 is 1.35 bits per heavy atom. The minimum Gasteiger partial charge on any atom is -0.465 e. The number of esters is 1. The van der Waals surface area contributed by atoms with Gasteiger partial charge in [-0.1, -0.05) is 13.0 Å². The molecule has 1 aliphatic carbocycles. The molecule has 2 aliphatic rings. The number of rotatable bonds is 5. The van der Waals surface area contributed by atoms with Gasteiger partial charge in [-0.25, -0.2) is 13.2 Å². The first kappa shape index (κ1) is 16.1. The second-order valence-electron chi connectivity index (χ2n) is 5.62. The first-order valence-electron chi connectivity index (χ1n) is 7.43. The summed E-state index contributed by atoms with van der Waals surface area (Å²) < 4.78 is 40.3. The van der Waals surface area contributed by atoms with Gasteiger partial charge in [0.25, 0.3) is 0 Å². The van der Waals surface area contributed by atoms with Crippen LogP contribution in [0.5, 0.6) is 11.5 Å². The van der Waals surface area contributed by atoms with Crippen molar-refractivity contribution in [1.29, 1.82) is 0 Å². The third kappa shape index (κ3) is 2.36. The molecule has 23 heavy (non-hydrogen) atoms. The fourth-order valence-corrected chi connectivity index (χ4v) is 5.03. The lowest BCUT2D eigenvalue weighted by molar-refractivity contribution is -0.145. The Labute approximate surface area is 134 Å². The molecule has 3 rings (SSSR count). The summed E-state index contributed by atoms with van der Waals surface area (Å²) in [4.78, 5) is 12.2. The molecule has 3 atom stereocenters. The third-order valence-electron chi connectivity index (χ3n) is 4.35. The van der Waals surface area contributed by atoms with E-state index >= 15 is 0 Å². The van der Waals surface area contributed by atoms with Crippen molar-refractivity contribution in [3.05, 3.63) is 23.8 Å². The minimum absolute atomic E-state index is 0.0862. The monoisotopic (exact) mass is 341 g/mol. The van der Waals surface area contributed by atoms with Gasteiger partial charge in [0.1, 0.15) is 5.54 Å². The molecule has 1 aromatic carbocycles. The normalized spacial score (nSPS) is 28.5. The molecule has 1 fully saturated rings. The molecule has 8 heteroatoms. The van der Waals surface area contributed by atoms with Gasteiger partial charge < -0.3 is 19.9 Å². The minimum atomic E-state index is -3.51. The van der Waals surface area contributed by atoms with Crippen molar-refractivity contribution in [2.75, 3.05) is 19.2 Å². The number of carbonyl (C=O) groups is 1. The number of benzene rings is 1. The highest BCUT2D eigenvalue weighted by Crippen LogP contribution is 2.56. The van der Waals surface area contributed by atoms with Crippen LogP contribution in [0.15, 0.2) is 18.2 Å². The van der Waals surface area contributed by atoms with E-state index in [-0.39, 0.29) is 19.2 Å². The lowest BCUT2D eigenvalue weighted by Crippen LogP contribution is -2.41.